The van der Waals surface area contributed by atoms with Gasteiger partial charge in [-0.2, -0.15) is 0 Å². The van der Waals surface area contributed by atoms with Crippen LogP contribution in [0.3, 0.4) is 0 Å². The summed E-state index contributed by atoms with van der Waals surface area (Å²) in [5, 5.41) is 10.7. The molecule has 3 rings (SSSR count). The van der Waals surface area contributed by atoms with Gasteiger partial charge in [-0.1, -0.05) is 0 Å². The van der Waals surface area contributed by atoms with Gasteiger partial charge in [-0.3, -0.25) is 4.79 Å². The highest BCUT2D eigenvalue weighted by Crippen LogP contribution is 2.18. The molecule has 0 bridgehead atoms. The molecule has 0 aliphatic carbocycles. The van der Waals surface area contributed by atoms with Gasteiger partial charge in [0, 0.05) is 14.1 Å². The summed E-state index contributed by atoms with van der Waals surface area (Å²) in [6.45, 7) is 2.01. The maximum atomic E-state index is 12.2. The predicted octanol–water partition coefficient (Wildman–Crippen LogP) is -0.205. The number of hydrogen-bond acceptors (Lipinski definition) is 7. The van der Waals surface area contributed by atoms with Gasteiger partial charge in [-0.25, -0.2) is 15.0 Å². The summed E-state index contributed by atoms with van der Waals surface area (Å²) in [4.78, 5) is 29.3. The van der Waals surface area contributed by atoms with Crippen molar-refractivity contribution in [3.8, 4) is 0 Å². The van der Waals surface area contributed by atoms with Gasteiger partial charge in [0.2, 0.25) is 5.91 Å². The van der Waals surface area contributed by atoms with Crippen molar-refractivity contribution < 1.29 is 4.79 Å². The van der Waals surface area contributed by atoms with Crippen molar-refractivity contribution in [1.29, 1.82) is 0 Å². The molecule has 23 heavy (non-hydrogen) atoms. The molecule has 0 spiro atoms. The van der Waals surface area contributed by atoms with Crippen molar-refractivity contribution in [2.75, 3.05) is 18.5 Å². The highest BCUT2D eigenvalue weighted by atomic mass is 16.2. The van der Waals surface area contributed by atoms with Crippen LogP contribution in [0.15, 0.2) is 19.0 Å². The summed E-state index contributed by atoms with van der Waals surface area (Å²) in [5.74, 6) is 1.17. The fourth-order valence-corrected chi connectivity index (χ4v) is 2.37. The van der Waals surface area contributed by atoms with E-state index in [1.54, 1.807) is 29.2 Å². The number of amides is 1. The van der Waals surface area contributed by atoms with E-state index >= 15 is 0 Å². The van der Waals surface area contributed by atoms with Gasteiger partial charge < -0.3 is 19.8 Å². The molecule has 120 valence electrons. The van der Waals surface area contributed by atoms with Crippen molar-refractivity contribution in [2.45, 2.75) is 13.0 Å². The number of aryl methyl sites for hydroxylation is 1. The first kappa shape index (κ1) is 14.9. The van der Waals surface area contributed by atoms with Gasteiger partial charge in [0.1, 0.15) is 18.2 Å². The number of fused-ring (bicyclic) bond motifs is 1. The fourth-order valence-electron chi connectivity index (χ4n) is 2.37. The third-order valence-corrected chi connectivity index (χ3v) is 3.46. The number of anilines is 1. The monoisotopic (exact) mass is 315 g/mol. The van der Waals surface area contributed by atoms with E-state index in [1.807, 2.05) is 14.0 Å². The Hall–Kier alpha value is -3.04. The maximum Gasteiger partial charge on any atom is 0.240 e. The molecule has 0 aromatic carbocycles. The van der Waals surface area contributed by atoms with E-state index in [9.17, 15) is 4.79 Å². The topological polar surface area (TPSA) is 118 Å². The van der Waals surface area contributed by atoms with Crippen LogP contribution in [0.4, 0.5) is 5.82 Å². The lowest BCUT2D eigenvalue weighted by Crippen LogP contribution is -2.37. The minimum absolute atomic E-state index is 0.144. The smallest absolute Gasteiger partial charge is 0.240 e. The number of aromatic nitrogens is 7. The van der Waals surface area contributed by atoms with Crippen LogP contribution >= 0.6 is 0 Å². The van der Waals surface area contributed by atoms with Crippen molar-refractivity contribution in [1.82, 2.24) is 40.0 Å². The second-order valence-electron chi connectivity index (χ2n) is 5.24. The number of aromatic amines is 1. The zero-order valence-corrected chi connectivity index (χ0v) is 13.1. The average Bonchev–Trinajstić information content (AvgIpc) is 3.14. The van der Waals surface area contributed by atoms with Gasteiger partial charge in [0.25, 0.3) is 0 Å². The minimum atomic E-state index is -0.235. The standard InChI is InChI=1S/C13H17N9O/c1-8(12-20-18-7-22(12)3)19-9(23)4-21(2)13-10-11(15-5-14-10)16-6-17-13/h5-8H,4H2,1-3H3,(H,19,23)(H,14,15,16,17)/t8-/m0/s1. The molecule has 0 fully saturated rings. The van der Waals surface area contributed by atoms with Crippen LogP contribution in [0, 0.1) is 0 Å². The summed E-state index contributed by atoms with van der Waals surface area (Å²) in [6.07, 6.45) is 4.57. The van der Waals surface area contributed by atoms with Crippen LogP contribution in [0.25, 0.3) is 11.2 Å². The van der Waals surface area contributed by atoms with Gasteiger partial charge in [-0.05, 0) is 6.92 Å². The van der Waals surface area contributed by atoms with E-state index in [4.69, 9.17) is 0 Å². The first-order chi connectivity index (χ1) is 11.1. The molecule has 0 unspecified atom stereocenters. The Labute approximate surface area is 132 Å². The third-order valence-electron chi connectivity index (χ3n) is 3.46. The Kier molecular flexibility index (Phi) is 3.87. The van der Waals surface area contributed by atoms with Crippen molar-refractivity contribution in [3.05, 3.63) is 24.8 Å². The number of rotatable bonds is 5. The predicted molar refractivity (Wildman–Crippen MR) is 82.5 cm³/mol. The number of imidazole rings is 1. The molecule has 3 heterocycles. The first-order valence-corrected chi connectivity index (χ1v) is 7.04. The lowest BCUT2D eigenvalue weighted by Gasteiger charge is -2.19. The zero-order valence-electron chi connectivity index (χ0n) is 13.1. The Bertz CT molecular complexity index is 824. The number of carbonyl (C=O) groups excluding carboxylic acids is 1. The van der Waals surface area contributed by atoms with Crippen LogP contribution in [0.1, 0.15) is 18.8 Å². The number of carbonyl (C=O) groups is 1. The lowest BCUT2D eigenvalue weighted by atomic mass is 10.3. The van der Waals surface area contributed by atoms with Gasteiger partial charge in [-0.15, -0.1) is 10.2 Å². The Morgan fingerprint density at radius 3 is 3.00 bits per heavy atom. The quantitative estimate of drug-likeness (QED) is 0.669. The molecular weight excluding hydrogens is 298 g/mol. The fraction of sp³-hybridized carbons (Fsp3) is 0.385. The molecule has 10 heteroatoms. The highest BCUT2D eigenvalue weighted by molar-refractivity contribution is 5.87. The summed E-state index contributed by atoms with van der Waals surface area (Å²) in [5.41, 5.74) is 1.26. The van der Waals surface area contributed by atoms with Crippen LogP contribution < -0.4 is 10.2 Å². The molecular formula is C13H17N9O. The molecule has 0 aliphatic rings. The van der Waals surface area contributed by atoms with Crippen molar-refractivity contribution in [2.24, 2.45) is 7.05 Å². The maximum absolute atomic E-state index is 12.2. The van der Waals surface area contributed by atoms with Gasteiger partial charge in [0.15, 0.2) is 17.3 Å². The summed E-state index contributed by atoms with van der Waals surface area (Å²) in [6, 6.07) is -0.235. The molecule has 0 saturated heterocycles. The van der Waals surface area contributed by atoms with Crippen molar-refractivity contribution in [3.63, 3.8) is 0 Å². The van der Waals surface area contributed by atoms with Crippen LogP contribution in [0.5, 0.6) is 0 Å². The minimum Gasteiger partial charge on any atom is -0.348 e. The number of H-pyrrole nitrogens is 1. The van der Waals surface area contributed by atoms with E-state index in [-0.39, 0.29) is 18.5 Å². The Morgan fingerprint density at radius 1 is 1.43 bits per heavy atom. The van der Waals surface area contributed by atoms with E-state index in [0.29, 0.717) is 22.8 Å². The molecule has 3 aromatic heterocycles. The second-order valence-corrected chi connectivity index (χ2v) is 5.24. The van der Waals surface area contributed by atoms with Gasteiger partial charge in [0.05, 0.1) is 18.9 Å². The van der Waals surface area contributed by atoms with E-state index < -0.39 is 0 Å². The van der Waals surface area contributed by atoms with E-state index in [2.05, 4.69) is 35.5 Å². The average molecular weight is 315 g/mol. The molecule has 0 saturated carbocycles. The molecule has 0 aliphatic heterocycles. The van der Waals surface area contributed by atoms with Crippen LogP contribution in [-0.4, -0.2) is 54.2 Å². The SMILES string of the molecule is C[C@H](NC(=O)CN(C)c1ncnc2nc[nH]c12)c1nncn1C. The zero-order chi connectivity index (χ0) is 16.4. The molecule has 3 aromatic rings. The van der Waals surface area contributed by atoms with Gasteiger partial charge >= 0.3 is 0 Å². The number of likely N-dealkylation sites (N-methyl/N-ethyl adjacent to an activating group) is 1. The summed E-state index contributed by atoms with van der Waals surface area (Å²) in [7, 11) is 3.62. The molecule has 2 N–H and O–H groups in total. The molecule has 10 nitrogen and oxygen atoms in total. The second kappa shape index (κ2) is 5.99. The van der Waals surface area contributed by atoms with Crippen molar-refractivity contribution >= 4 is 22.9 Å². The number of nitrogens with zero attached hydrogens (tertiary/aromatic N) is 7. The normalized spacial score (nSPS) is 12.3. The first-order valence-electron chi connectivity index (χ1n) is 7.04. The van der Waals surface area contributed by atoms with Crippen LogP contribution in [-0.2, 0) is 11.8 Å². The largest absolute Gasteiger partial charge is 0.348 e. The Balaban J connectivity index is 1.68. The number of hydrogen-bond donors (Lipinski definition) is 2. The lowest BCUT2D eigenvalue weighted by molar-refractivity contribution is -0.120. The Morgan fingerprint density at radius 2 is 2.26 bits per heavy atom. The number of nitrogens with one attached hydrogen (secondary N) is 2. The molecule has 1 amide bonds. The van der Waals surface area contributed by atoms with E-state index in [0.717, 1.165) is 0 Å². The summed E-state index contributed by atoms with van der Waals surface area (Å²) < 4.78 is 1.77. The molecule has 1 atom stereocenters. The highest BCUT2D eigenvalue weighted by Gasteiger charge is 2.17. The summed E-state index contributed by atoms with van der Waals surface area (Å²) >= 11 is 0. The van der Waals surface area contributed by atoms with E-state index in [1.165, 1.54) is 6.33 Å². The van der Waals surface area contributed by atoms with Crippen LogP contribution in [0.2, 0.25) is 0 Å². The third kappa shape index (κ3) is 2.96. The molecule has 0 radical (unpaired) electrons.